The summed E-state index contributed by atoms with van der Waals surface area (Å²) in [7, 11) is 0. The number of aliphatic carboxylic acids is 1. The number of carboxylic acid groups (broad SMARTS) is 1. The minimum atomic E-state index is -0.644. The normalized spacial score (nSPS) is 21.8. The molecule has 0 aromatic carbocycles. The molecule has 0 aliphatic heterocycles. The van der Waals surface area contributed by atoms with Crippen molar-refractivity contribution in [2.24, 2.45) is 5.92 Å². The Labute approximate surface area is 74.8 Å². The van der Waals surface area contributed by atoms with E-state index >= 15 is 0 Å². The molecule has 12 heavy (non-hydrogen) atoms. The first-order chi connectivity index (χ1) is 5.77. The minimum absolute atomic E-state index is 0.142. The van der Waals surface area contributed by atoms with Crippen LogP contribution in [0.5, 0.6) is 0 Å². The summed E-state index contributed by atoms with van der Waals surface area (Å²) in [5.41, 5.74) is 1.36. The van der Waals surface area contributed by atoms with Crippen LogP contribution in [-0.2, 0) is 17.6 Å². The van der Waals surface area contributed by atoms with Crippen LogP contribution in [0.25, 0.3) is 0 Å². The molecule has 64 valence electrons. The molecule has 0 fully saturated rings. The van der Waals surface area contributed by atoms with Crippen LogP contribution in [0.2, 0.25) is 0 Å². The first-order valence-corrected chi connectivity index (χ1v) is 4.93. The van der Waals surface area contributed by atoms with Crippen molar-refractivity contribution in [3.8, 4) is 0 Å². The number of rotatable bonds is 1. The van der Waals surface area contributed by atoms with Crippen molar-refractivity contribution in [1.29, 1.82) is 0 Å². The van der Waals surface area contributed by atoms with Crippen LogP contribution >= 0.6 is 11.3 Å². The molecule has 1 heterocycles. The minimum Gasteiger partial charge on any atom is -0.481 e. The quantitative estimate of drug-likeness (QED) is 0.720. The Morgan fingerprint density at radius 2 is 2.50 bits per heavy atom. The largest absolute Gasteiger partial charge is 0.481 e. The highest BCUT2D eigenvalue weighted by Crippen LogP contribution is 2.29. The standard InChI is InChI=1S/C9H10O2S/c10-9(11)7-2-1-6-3-4-12-8(6)5-7/h3-4,7H,1-2,5H2,(H,10,11). The van der Waals surface area contributed by atoms with Gasteiger partial charge in [0.2, 0.25) is 0 Å². The maximum Gasteiger partial charge on any atom is 0.306 e. The molecule has 0 bridgehead atoms. The van der Waals surface area contributed by atoms with Crippen LogP contribution in [0.3, 0.4) is 0 Å². The molecule has 0 saturated carbocycles. The Morgan fingerprint density at radius 3 is 3.25 bits per heavy atom. The predicted molar refractivity (Wildman–Crippen MR) is 47.5 cm³/mol. The lowest BCUT2D eigenvalue weighted by molar-refractivity contribution is -0.142. The summed E-state index contributed by atoms with van der Waals surface area (Å²) in [6.07, 6.45) is 2.48. The summed E-state index contributed by atoms with van der Waals surface area (Å²) in [5, 5.41) is 10.9. The smallest absolute Gasteiger partial charge is 0.306 e. The first-order valence-electron chi connectivity index (χ1n) is 4.05. The maximum atomic E-state index is 10.7. The van der Waals surface area contributed by atoms with E-state index in [1.54, 1.807) is 11.3 Å². The number of hydrogen-bond acceptors (Lipinski definition) is 2. The molecule has 1 unspecified atom stereocenters. The van der Waals surface area contributed by atoms with Crippen molar-refractivity contribution in [2.75, 3.05) is 0 Å². The second-order valence-corrected chi connectivity index (χ2v) is 4.15. The first kappa shape index (κ1) is 7.80. The molecule has 0 radical (unpaired) electrons. The maximum absolute atomic E-state index is 10.7. The SMILES string of the molecule is O=C(O)C1CCc2ccsc2C1. The number of hydrogen-bond donors (Lipinski definition) is 1. The molecule has 1 aliphatic rings. The molecule has 1 aliphatic carbocycles. The monoisotopic (exact) mass is 182 g/mol. The van der Waals surface area contributed by atoms with E-state index in [1.807, 2.05) is 0 Å². The van der Waals surface area contributed by atoms with E-state index in [4.69, 9.17) is 5.11 Å². The lowest BCUT2D eigenvalue weighted by atomic mass is 9.89. The van der Waals surface area contributed by atoms with E-state index in [2.05, 4.69) is 11.4 Å². The molecule has 2 nitrogen and oxygen atoms in total. The summed E-state index contributed by atoms with van der Waals surface area (Å²) in [6, 6.07) is 2.11. The number of fused-ring (bicyclic) bond motifs is 1. The van der Waals surface area contributed by atoms with E-state index < -0.39 is 5.97 Å². The number of carboxylic acids is 1. The van der Waals surface area contributed by atoms with Gasteiger partial charge in [-0.25, -0.2) is 0 Å². The van der Waals surface area contributed by atoms with Crippen molar-refractivity contribution in [2.45, 2.75) is 19.3 Å². The summed E-state index contributed by atoms with van der Waals surface area (Å²) in [5.74, 6) is -0.787. The van der Waals surface area contributed by atoms with Crippen molar-refractivity contribution < 1.29 is 9.90 Å². The average Bonchev–Trinajstić information content (AvgIpc) is 2.49. The Bertz CT molecular complexity index is 303. The summed E-state index contributed by atoms with van der Waals surface area (Å²) in [4.78, 5) is 12.0. The van der Waals surface area contributed by atoms with Gasteiger partial charge in [0.1, 0.15) is 0 Å². The van der Waals surface area contributed by atoms with E-state index in [-0.39, 0.29) is 5.92 Å². The fourth-order valence-electron chi connectivity index (χ4n) is 1.64. The van der Waals surface area contributed by atoms with E-state index in [1.165, 1.54) is 10.4 Å². The molecule has 0 spiro atoms. The van der Waals surface area contributed by atoms with Crippen LogP contribution in [0.15, 0.2) is 11.4 Å². The lowest BCUT2D eigenvalue weighted by Crippen LogP contribution is -2.20. The Balaban J connectivity index is 2.20. The third-order valence-corrected chi connectivity index (χ3v) is 3.37. The van der Waals surface area contributed by atoms with Crippen molar-refractivity contribution in [3.05, 3.63) is 21.9 Å². The highest BCUT2D eigenvalue weighted by Gasteiger charge is 2.24. The van der Waals surface area contributed by atoms with Gasteiger partial charge in [-0.3, -0.25) is 4.79 Å². The van der Waals surface area contributed by atoms with Gasteiger partial charge in [-0.05, 0) is 36.3 Å². The van der Waals surface area contributed by atoms with Crippen LogP contribution < -0.4 is 0 Å². The lowest BCUT2D eigenvalue weighted by Gasteiger charge is -2.17. The zero-order valence-electron chi connectivity index (χ0n) is 6.62. The molecule has 2 rings (SSSR count). The zero-order chi connectivity index (χ0) is 8.55. The van der Waals surface area contributed by atoms with Gasteiger partial charge in [0, 0.05) is 4.88 Å². The molecule has 3 heteroatoms. The topological polar surface area (TPSA) is 37.3 Å². The molecule has 1 aromatic rings. The van der Waals surface area contributed by atoms with Gasteiger partial charge in [0.25, 0.3) is 0 Å². The average molecular weight is 182 g/mol. The third kappa shape index (κ3) is 1.25. The summed E-state index contributed by atoms with van der Waals surface area (Å²) < 4.78 is 0. The van der Waals surface area contributed by atoms with E-state index in [0.717, 1.165) is 19.3 Å². The molecule has 0 amide bonds. The second-order valence-electron chi connectivity index (χ2n) is 3.15. The molecule has 1 N–H and O–H groups in total. The molecule has 1 atom stereocenters. The summed E-state index contributed by atoms with van der Waals surface area (Å²) >= 11 is 1.68. The molecule has 0 saturated heterocycles. The Morgan fingerprint density at radius 1 is 1.67 bits per heavy atom. The number of thiophene rings is 1. The number of carbonyl (C=O) groups is 1. The van der Waals surface area contributed by atoms with Gasteiger partial charge >= 0.3 is 5.97 Å². The zero-order valence-corrected chi connectivity index (χ0v) is 7.43. The molecule has 1 aromatic heterocycles. The second kappa shape index (κ2) is 2.90. The molecular formula is C9H10O2S. The van der Waals surface area contributed by atoms with Crippen molar-refractivity contribution in [1.82, 2.24) is 0 Å². The van der Waals surface area contributed by atoms with Crippen LogP contribution in [-0.4, -0.2) is 11.1 Å². The van der Waals surface area contributed by atoms with Crippen LogP contribution in [0, 0.1) is 5.92 Å². The van der Waals surface area contributed by atoms with Crippen molar-refractivity contribution >= 4 is 17.3 Å². The van der Waals surface area contributed by atoms with E-state index in [0.29, 0.717) is 0 Å². The van der Waals surface area contributed by atoms with Gasteiger partial charge in [-0.15, -0.1) is 11.3 Å². The van der Waals surface area contributed by atoms with Gasteiger partial charge in [-0.2, -0.15) is 0 Å². The van der Waals surface area contributed by atoms with Gasteiger partial charge in [0.15, 0.2) is 0 Å². The molecular weight excluding hydrogens is 172 g/mol. The Hall–Kier alpha value is -0.830. The van der Waals surface area contributed by atoms with Gasteiger partial charge in [-0.1, -0.05) is 0 Å². The highest BCUT2D eigenvalue weighted by molar-refractivity contribution is 7.10. The van der Waals surface area contributed by atoms with Crippen molar-refractivity contribution in [3.63, 3.8) is 0 Å². The van der Waals surface area contributed by atoms with Crippen LogP contribution in [0.1, 0.15) is 16.9 Å². The van der Waals surface area contributed by atoms with Gasteiger partial charge < -0.3 is 5.11 Å². The summed E-state index contributed by atoms with van der Waals surface area (Å²) in [6.45, 7) is 0. The van der Waals surface area contributed by atoms with Gasteiger partial charge in [0.05, 0.1) is 5.92 Å². The number of aryl methyl sites for hydroxylation is 1. The fraction of sp³-hybridized carbons (Fsp3) is 0.444. The highest BCUT2D eigenvalue weighted by atomic mass is 32.1. The van der Waals surface area contributed by atoms with Crippen LogP contribution in [0.4, 0.5) is 0 Å². The predicted octanol–water partition coefficient (Wildman–Crippen LogP) is 1.94. The fourth-order valence-corrected chi connectivity index (χ4v) is 2.65. The van der Waals surface area contributed by atoms with E-state index in [9.17, 15) is 4.79 Å². The third-order valence-electron chi connectivity index (χ3n) is 2.38. The Kier molecular flexibility index (Phi) is 1.89.